The lowest BCUT2D eigenvalue weighted by atomic mass is 9.74. The standard InChI is InChI=1S/C20H21NO5/c1-11(2)9-15-20-8-7-14(26-20)16(19(23)24)17(20)18(22)21(15)12-5-4-6-13(10-12)25-3/h4-8,10,14-17H,1,9H2,2-3H3,(H,23,24)/t14-,15+,16-,17-,20+/m0/s1. The Morgan fingerprint density at radius 3 is 2.88 bits per heavy atom. The van der Waals surface area contributed by atoms with Crippen LogP contribution in [0.15, 0.2) is 48.6 Å². The summed E-state index contributed by atoms with van der Waals surface area (Å²) in [5.41, 5.74) is 0.659. The quantitative estimate of drug-likeness (QED) is 0.821. The largest absolute Gasteiger partial charge is 0.497 e. The Bertz CT molecular complexity index is 831. The molecular formula is C20H21NO5. The first-order valence-electron chi connectivity index (χ1n) is 8.60. The summed E-state index contributed by atoms with van der Waals surface area (Å²) >= 11 is 0. The summed E-state index contributed by atoms with van der Waals surface area (Å²) in [4.78, 5) is 26.9. The van der Waals surface area contributed by atoms with Gasteiger partial charge in [0.15, 0.2) is 0 Å². The molecule has 3 aliphatic rings. The summed E-state index contributed by atoms with van der Waals surface area (Å²) in [7, 11) is 1.57. The van der Waals surface area contributed by atoms with Crippen LogP contribution in [-0.2, 0) is 14.3 Å². The highest BCUT2D eigenvalue weighted by atomic mass is 16.5. The third-order valence-electron chi connectivity index (χ3n) is 5.58. The van der Waals surface area contributed by atoms with E-state index in [4.69, 9.17) is 9.47 Å². The second-order valence-corrected chi connectivity index (χ2v) is 7.22. The highest BCUT2D eigenvalue weighted by molar-refractivity contribution is 6.03. The van der Waals surface area contributed by atoms with Gasteiger partial charge in [0.2, 0.25) is 5.91 Å². The molecule has 6 heteroatoms. The number of amides is 1. The van der Waals surface area contributed by atoms with Crippen molar-refractivity contribution in [2.24, 2.45) is 11.8 Å². The van der Waals surface area contributed by atoms with Gasteiger partial charge in [-0.2, -0.15) is 0 Å². The average Bonchev–Trinajstić information content (AvgIpc) is 3.24. The van der Waals surface area contributed by atoms with Crippen molar-refractivity contribution in [2.75, 3.05) is 12.0 Å². The first kappa shape index (κ1) is 16.8. The van der Waals surface area contributed by atoms with Crippen LogP contribution in [0.1, 0.15) is 13.3 Å². The Hall–Kier alpha value is -2.60. The average molecular weight is 355 g/mol. The monoisotopic (exact) mass is 355 g/mol. The van der Waals surface area contributed by atoms with E-state index in [0.717, 1.165) is 5.57 Å². The predicted molar refractivity (Wildman–Crippen MR) is 95.1 cm³/mol. The van der Waals surface area contributed by atoms with Gasteiger partial charge >= 0.3 is 5.97 Å². The van der Waals surface area contributed by atoms with Gasteiger partial charge in [0.25, 0.3) is 0 Å². The molecule has 0 aromatic heterocycles. The fourth-order valence-electron chi connectivity index (χ4n) is 4.58. The molecule has 0 saturated carbocycles. The van der Waals surface area contributed by atoms with Crippen LogP contribution in [0.3, 0.4) is 0 Å². The minimum atomic E-state index is -0.999. The van der Waals surface area contributed by atoms with E-state index >= 15 is 0 Å². The number of carbonyl (C=O) groups excluding carboxylic acids is 1. The molecule has 1 aromatic carbocycles. The molecule has 0 radical (unpaired) electrons. The summed E-state index contributed by atoms with van der Waals surface area (Å²) in [5.74, 6) is -2.18. The van der Waals surface area contributed by atoms with Crippen LogP contribution in [0.5, 0.6) is 5.75 Å². The zero-order chi connectivity index (χ0) is 18.6. The molecule has 136 valence electrons. The summed E-state index contributed by atoms with van der Waals surface area (Å²) in [6, 6.07) is 6.89. The van der Waals surface area contributed by atoms with Gasteiger partial charge in [-0.25, -0.2) is 0 Å². The van der Waals surface area contributed by atoms with Crippen LogP contribution >= 0.6 is 0 Å². The number of hydrogen-bond acceptors (Lipinski definition) is 4. The molecule has 2 bridgehead atoms. The fraction of sp³-hybridized carbons (Fsp3) is 0.400. The number of carboxylic acid groups (broad SMARTS) is 1. The Balaban J connectivity index is 1.84. The molecule has 3 heterocycles. The first-order chi connectivity index (χ1) is 12.4. The van der Waals surface area contributed by atoms with Crippen LogP contribution in [0.25, 0.3) is 0 Å². The van der Waals surface area contributed by atoms with Gasteiger partial charge in [-0.15, -0.1) is 6.58 Å². The van der Waals surface area contributed by atoms with Crippen LogP contribution in [-0.4, -0.2) is 41.8 Å². The van der Waals surface area contributed by atoms with Crippen molar-refractivity contribution >= 4 is 17.6 Å². The Labute approximate surface area is 151 Å². The van der Waals surface area contributed by atoms with Crippen molar-refractivity contribution in [1.29, 1.82) is 0 Å². The van der Waals surface area contributed by atoms with E-state index in [1.54, 1.807) is 30.2 Å². The van der Waals surface area contributed by atoms with Crippen molar-refractivity contribution in [2.45, 2.75) is 31.1 Å². The molecule has 26 heavy (non-hydrogen) atoms. The summed E-state index contributed by atoms with van der Waals surface area (Å²) in [6.45, 7) is 5.89. The predicted octanol–water partition coefficient (Wildman–Crippen LogP) is 2.40. The Kier molecular flexibility index (Phi) is 3.70. The molecule has 5 atom stereocenters. The second kappa shape index (κ2) is 5.71. The number of ether oxygens (including phenoxy) is 2. The van der Waals surface area contributed by atoms with Crippen molar-refractivity contribution in [3.05, 3.63) is 48.6 Å². The highest BCUT2D eigenvalue weighted by Crippen LogP contribution is 2.56. The van der Waals surface area contributed by atoms with Gasteiger partial charge in [-0.1, -0.05) is 23.8 Å². The lowest BCUT2D eigenvalue weighted by Crippen LogP contribution is -2.45. The number of methoxy groups -OCH3 is 1. The maximum absolute atomic E-state index is 13.4. The van der Waals surface area contributed by atoms with Crippen LogP contribution in [0, 0.1) is 11.8 Å². The van der Waals surface area contributed by atoms with Crippen LogP contribution < -0.4 is 9.64 Å². The number of carbonyl (C=O) groups is 2. The lowest BCUT2D eigenvalue weighted by Gasteiger charge is -2.33. The molecule has 0 unspecified atom stereocenters. The van der Waals surface area contributed by atoms with Crippen LogP contribution in [0.2, 0.25) is 0 Å². The number of hydrogen-bond donors (Lipinski definition) is 1. The molecule has 6 nitrogen and oxygen atoms in total. The molecule has 1 amide bonds. The van der Waals surface area contributed by atoms with Crippen LogP contribution in [0.4, 0.5) is 5.69 Å². The minimum Gasteiger partial charge on any atom is -0.497 e. The summed E-state index contributed by atoms with van der Waals surface area (Å²) in [6.07, 6.45) is 3.64. The molecule has 4 rings (SSSR count). The normalized spacial score (nSPS) is 34.2. The third-order valence-corrected chi connectivity index (χ3v) is 5.58. The number of carboxylic acids is 1. The minimum absolute atomic E-state index is 0.219. The number of benzene rings is 1. The maximum atomic E-state index is 13.4. The van der Waals surface area contributed by atoms with Crippen molar-refractivity contribution in [3.8, 4) is 5.75 Å². The Morgan fingerprint density at radius 2 is 2.23 bits per heavy atom. The molecule has 2 fully saturated rings. The number of fused-ring (bicyclic) bond motifs is 1. The fourth-order valence-corrected chi connectivity index (χ4v) is 4.58. The number of rotatable bonds is 5. The number of anilines is 1. The van der Waals surface area contributed by atoms with Crippen molar-refractivity contribution < 1.29 is 24.2 Å². The summed E-state index contributed by atoms with van der Waals surface area (Å²) in [5, 5.41) is 9.68. The zero-order valence-corrected chi connectivity index (χ0v) is 14.7. The van der Waals surface area contributed by atoms with Gasteiger partial charge in [-0.3, -0.25) is 9.59 Å². The van der Waals surface area contributed by atoms with E-state index in [9.17, 15) is 14.7 Å². The van der Waals surface area contributed by atoms with E-state index in [1.807, 2.05) is 25.1 Å². The van der Waals surface area contributed by atoms with E-state index in [-0.39, 0.29) is 11.9 Å². The smallest absolute Gasteiger partial charge is 0.310 e. The van der Waals surface area contributed by atoms with Crippen molar-refractivity contribution in [3.63, 3.8) is 0 Å². The van der Waals surface area contributed by atoms with Gasteiger partial charge < -0.3 is 19.5 Å². The molecule has 0 aliphatic carbocycles. The van der Waals surface area contributed by atoms with Gasteiger partial charge in [0, 0.05) is 11.8 Å². The molecule has 1 spiro atoms. The third kappa shape index (κ3) is 2.15. The first-order valence-corrected chi connectivity index (χ1v) is 8.60. The Morgan fingerprint density at radius 1 is 1.46 bits per heavy atom. The molecular weight excluding hydrogens is 334 g/mol. The number of aliphatic carboxylic acids is 1. The van der Waals surface area contributed by atoms with E-state index in [0.29, 0.717) is 17.9 Å². The van der Waals surface area contributed by atoms with E-state index in [2.05, 4.69) is 6.58 Å². The van der Waals surface area contributed by atoms with Crippen molar-refractivity contribution in [1.82, 2.24) is 0 Å². The molecule has 1 aromatic rings. The maximum Gasteiger partial charge on any atom is 0.310 e. The lowest BCUT2D eigenvalue weighted by molar-refractivity contribution is -0.146. The highest BCUT2D eigenvalue weighted by Gasteiger charge is 2.71. The molecule has 2 saturated heterocycles. The van der Waals surface area contributed by atoms with Gasteiger partial charge in [0.05, 0.1) is 25.2 Å². The van der Waals surface area contributed by atoms with Gasteiger partial charge in [0.1, 0.15) is 17.3 Å². The topological polar surface area (TPSA) is 76.1 Å². The molecule has 3 aliphatic heterocycles. The second-order valence-electron chi connectivity index (χ2n) is 7.22. The zero-order valence-electron chi connectivity index (χ0n) is 14.7. The summed E-state index contributed by atoms with van der Waals surface area (Å²) < 4.78 is 11.4. The number of nitrogens with zero attached hydrogens (tertiary/aromatic N) is 1. The molecule has 1 N–H and O–H groups in total. The van der Waals surface area contributed by atoms with E-state index < -0.39 is 29.5 Å². The SMILES string of the molecule is C=C(C)C[C@H]1N(c2cccc(OC)c2)C(=O)[C@@H]2[C@@H](C(=O)O)[C@@H]3C=C[C@]21O3. The van der Waals surface area contributed by atoms with Gasteiger partial charge in [-0.05, 0) is 25.5 Å². The van der Waals surface area contributed by atoms with E-state index in [1.165, 1.54) is 0 Å².